The SMILES string of the molecule is CC(=O)Nc1cccc(Nc2cc(N3CCCCC3)nc(-c3ccccc3)n2)c1. The maximum absolute atomic E-state index is 11.3. The molecule has 4 rings (SSSR count). The molecule has 0 spiro atoms. The van der Waals surface area contributed by atoms with Crippen molar-refractivity contribution in [3.63, 3.8) is 0 Å². The fourth-order valence-electron chi connectivity index (χ4n) is 3.53. The number of anilines is 4. The highest BCUT2D eigenvalue weighted by atomic mass is 16.1. The van der Waals surface area contributed by atoms with Crippen LogP contribution >= 0.6 is 0 Å². The lowest BCUT2D eigenvalue weighted by Gasteiger charge is -2.28. The van der Waals surface area contributed by atoms with Gasteiger partial charge in [-0.15, -0.1) is 0 Å². The number of hydrogen-bond donors (Lipinski definition) is 2. The minimum absolute atomic E-state index is 0.0945. The summed E-state index contributed by atoms with van der Waals surface area (Å²) in [5.41, 5.74) is 2.59. The zero-order valence-corrected chi connectivity index (χ0v) is 16.6. The molecule has 3 aromatic rings. The second-order valence-corrected chi connectivity index (χ2v) is 7.24. The highest BCUT2D eigenvalue weighted by Gasteiger charge is 2.15. The van der Waals surface area contributed by atoms with Gasteiger partial charge < -0.3 is 15.5 Å². The lowest BCUT2D eigenvalue weighted by Crippen LogP contribution is -2.30. The second-order valence-electron chi connectivity index (χ2n) is 7.24. The average molecular weight is 387 g/mol. The van der Waals surface area contributed by atoms with Crippen LogP contribution in [0.1, 0.15) is 26.2 Å². The van der Waals surface area contributed by atoms with Gasteiger partial charge in [-0.3, -0.25) is 4.79 Å². The van der Waals surface area contributed by atoms with Crippen molar-refractivity contribution in [2.24, 2.45) is 0 Å². The number of benzene rings is 2. The van der Waals surface area contributed by atoms with Crippen LogP contribution in [0.4, 0.5) is 23.0 Å². The quantitative estimate of drug-likeness (QED) is 0.656. The smallest absolute Gasteiger partial charge is 0.221 e. The first kappa shape index (κ1) is 18.9. The number of piperidine rings is 1. The third-order valence-electron chi connectivity index (χ3n) is 4.88. The van der Waals surface area contributed by atoms with Crippen LogP contribution in [0.3, 0.4) is 0 Å². The number of hydrogen-bond acceptors (Lipinski definition) is 5. The van der Waals surface area contributed by atoms with Gasteiger partial charge in [0.25, 0.3) is 0 Å². The molecule has 0 aliphatic carbocycles. The number of rotatable bonds is 5. The van der Waals surface area contributed by atoms with Gasteiger partial charge in [0.2, 0.25) is 5.91 Å². The van der Waals surface area contributed by atoms with Crippen LogP contribution < -0.4 is 15.5 Å². The Labute approximate surface area is 171 Å². The summed E-state index contributed by atoms with van der Waals surface area (Å²) >= 11 is 0. The van der Waals surface area contributed by atoms with Crippen LogP contribution in [-0.4, -0.2) is 29.0 Å². The molecule has 0 atom stereocenters. The van der Waals surface area contributed by atoms with E-state index in [0.29, 0.717) is 5.82 Å². The van der Waals surface area contributed by atoms with E-state index in [1.807, 2.05) is 60.7 Å². The topological polar surface area (TPSA) is 70.2 Å². The van der Waals surface area contributed by atoms with Crippen molar-refractivity contribution >= 4 is 28.9 Å². The molecule has 1 amide bonds. The molecule has 29 heavy (non-hydrogen) atoms. The number of nitrogens with zero attached hydrogens (tertiary/aromatic N) is 3. The maximum Gasteiger partial charge on any atom is 0.221 e. The van der Waals surface area contributed by atoms with E-state index >= 15 is 0 Å². The average Bonchev–Trinajstić information content (AvgIpc) is 2.74. The van der Waals surface area contributed by atoms with Gasteiger partial charge >= 0.3 is 0 Å². The zero-order chi connectivity index (χ0) is 20.1. The van der Waals surface area contributed by atoms with Crippen LogP contribution in [0.2, 0.25) is 0 Å². The summed E-state index contributed by atoms with van der Waals surface area (Å²) in [6.45, 7) is 3.53. The summed E-state index contributed by atoms with van der Waals surface area (Å²) in [4.78, 5) is 23.3. The van der Waals surface area contributed by atoms with Gasteiger partial charge in [0.1, 0.15) is 11.6 Å². The monoisotopic (exact) mass is 387 g/mol. The van der Waals surface area contributed by atoms with Gasteiger partial charge in [-0.25, -0.2) is 9.97 Å². The molecule has 0 unspecified atom stereocenters. The Bertz CT molecular complexity index is 984. The van der Waals surface area contributed by atoms with E-state index in [9.17, 15) is 4.79 Å². The Morgan fingerprint density at radius 1 is 0.897 bits per heavy atom. The minimum Gasteiger partial charge on any atom is -0.356 e. The Morgan fingerprint density at radius 3 is 2.41 bits per heavy atom. The van der Waals surface area contributed by atoms with Crippen LogP contribution in [0.15, 0.2) is 60.7 Å². The van der Waals surface area contributed by atoms with Crippen LogP contribution in [0, 0.1) is 0 Å². The van der Waals surface area contributed by atoms with Gasteiger partial charge in [0.15, 0.2) is 5.82 Å². The van der Waals surface area contributed by atoms with Crippen molar-refractivity contribution in [2.75, 3.05) is 28.6 Å². The highest BCUT2D eigenvalue weighted by molar-refractivity contribution is 5.89. The predicted octanol–water partition coefficient (Wildman–Crippen LogP) is 4.84. The zero-order valence-electron chi connectivity index (χ0n) is 16.6. The third kappa shape index (κ3) is 4.90. The number of carbonyl (C=O) groups excluding carboxylic acids is 1. The van der Waals surface area contributed by atoms with E-state index in [0.717, 1.165) is 41.7 Å². The lowest BCUT2D eigenvalue weighted by atomic mass is 10.1. The summed E-state index contributed by atoms with van der Waals surface area (Å²) in [7, 11) is 0. The van der Waals surface area contributed by atoms with Gasteiger partial charge in [-0.05, 0) is 37.5 Å². The molecular weight excluding hydrogens is 362 g/mol. The van der Waals surface area contributed by atoms with Crippen LogP contribution in [0.25, 0.3) is 11.4 Å². The molecule has 0 saturated carbocycles. The van der Waals surface area contributed by atoms with E-state index in [4.69, 9.17) is 9.97 Å². The first-order valence-electron chi connectivity index (χ1n) is 10.0. The third-order valence-corrected chi connectivity index (χ3v) is 4.88. The summed E-state index contributed by atoms with van der Waals surface area (Å²) in [5, 5.41) is 6.19. The Morgan fingerprint density at radius 2 is 1.66 bits per heavy atom. The Balaban J connectivity index is 1.67. The van der Waals surface area contributed by atoms with Gasteiger partial charge in [-0.2, -0.15) is 0 Å². The number of aromatic nitrogens is 2. The molecule has 6 nitrogen and oxygen atoms in total. The van der Waals surface area contributed by atoms with Crippen molar-refractivity contribution in [1.82, 2.24) is 9.97 Å². The number of amides is 1. The standard InChI is InChI=1S/C23H25N5O/c1-17(29)24-19-11-8-12-20(15-19)25-21-16-22(28-13-6-3-7-14-28)27-23(26-21)18-9-4-2-5-10-18/h2,4-5,8-12,15-16H,3,6-7,13-14H2,1H3,(H,24,29)(H,25,26,27). The molecule has 2 heterocycles. The minimum atomic E-state index is -0.0945. The van der Waals surface area contributed by atoms with E-state index in [1.165, 1.54) is 26.2 Å². The van der Waals surface area contributed by atoms with Crippen molar-refractivity contribution in [3.8, 4) is 11.4 Å². The molecule has 2 aromatic carbocycles. The molecule has 0 radical (unpaired) electrons. The highest BCUT2D eigenvalue weighted by Crippen LogP contribution is 2.27. The molecule has 1 aromatic heterocycles. The molecule has 1 saturated heterocycles. The van der Waals surface area contributed by atoms with Gasteiger partial charge in [0.05, 0.1) is 0 Å². The summed E-state index contributed by atoms with van der Waals surface area (Å²) in [6.07, 6.45) is 3.65. The molecular formula is C23H25N5O. The predicted molar refractivity (Wildman–Crippen MR) is 118 cm³/mol. The largest absolute Gasteiger partial charge is 0.356 e. The van der Waals surface area contributed by atoms with Crippen molar-refractivity contribution in [2.45, 2.75) is 26.2 Å². The summed E-state index contributed by atoms with van der Waals surface area (Å²) in [5.74, 6) is 2.29. The molecule has 1 fully saturated rings. The van der Waals surface area contributed by atoms with Crippen molar-refractivity contribution in [1.29, 1.82) is 0 Å². The van der Waals surface area contributed by atoms with Crippen molar-refractivity contribution < 1.29 is 4.79 Å². The molecule has 0 bridgehead atoms. The lowest BCUT2D eigenvalue weighted by molar-refractivity contribution is -0.114. The van der Waals surface area contributed by atoms with Gasteiger partial charge in [-0.1, -0.05) is 36.4 Å². The number of nitrogens with one attached hydrogen (secondary N) is 2. The first-order valence-corrected chi connectivity index (χ1v) is 10.0. The second kappa shape index (κ2) is 8.73. The molecule has 2 N–H and O–H groups in total. The molecule has 148 valence electrons. The van der Waals surface area contributed by atoms with E-state index < -0.39 is 0 Å². The van der Waals surface area contributed by atoms with E-state index in [2.05, 4.69) is 15.5 Å². The fourth-order valence-corrected chi connectivity index (χ4v) is 3.53. The van der Waals surface area contributed by atoms with Crippen LogP contribution in [-0.2, 0) is 4.79 Å². The van der Waals surface area contributed by atoms with E-state index in [1.54, 1.807) is 0 Å². The Hall–Kier alpha value is -3.41. The summed E-state index contributed by atoms with van der Waals surface area (Å²) in [6, 6.07) is 19.6. The Kier molecular flexibility index (Phi) is 5.70. The van der Waals surface area contributed by atoms with Crippen molar-refractivity contribution in [3.05, 3.63) is 60.7 Å². The van der Waals surface area contributed by atoms with Crippen LogP contribution in [0.5, 0.6) is 0 Å². The van der Waals surface area contributed by atoms with E-state index in [-0.39, 0.29) is 5.91 Å². The van der Waals surface area contributed by atoms with Gasteiger partial charge in [0, 0.05) is 43.0 Å². The number of carbonyl (C=O) groups is 1. The molecule has 1 aliphatic heterocycles. The first-order chi connectivity index (χ1) is 14.2. The summed E-state index contributed by atoms with van der Waals surface area (Å²) < 4.78 is 0. The normalized spacial score (nSPS) is 13.8. The maximum atomic E-state index is 11.3. The molecule has 6 heteroatoms. The fraction of sp³-hybridized carbons (Fsp3) is 0.261. The molecule has 1 aliphatic rings.